The third kappa shape index (κ3) is 20.1. The number of aliphatic hydroxyl groups is 1. The molecule has 6 rings (SSSR count). The molecule has 4 fully saturated rings. The lowest BCUT2D eigenvalue weighted by Gasteiger charge is -2.36. The zero-order valence-electron chi connectivity index (χ0n) is 48.1. The molecule has 0 aromatic carbocycles. The average molecular weight is 1090 g/mol. The van der Waals surface area contributed by atoms with E-state index in [-0.39, 0.29) is 61.4 Å². The number of ether oxygens (including phenoxy) is 5. The number of amides is 2. The Labute approximate surface area is 465 Å². The van der Waals surface area contributed by atoms with Crippen LogP contribution in [-0.2, 0) is 49.4 Å². The van der Waals surface area contributed by atoms with Gasteiger partial charge in [0.25, 0.3) is 5.91 Å². The lowest BCUT2D eigenvalue weighted by Crippen LogP contribution is -2.54. The second kappa shape index (κ2) is 32.4. The number of piperidine rings is 1. The number of nitrogens with zero attached hydrogens (tertiary/aromatic N) is 5. The van der Waals surface area contributed by atoms with Crippen LogP contribution in [-0.4, -0.2) is 157 Å². The topological polar surface area (TPSA) is 199 Å². The number of alkyl carbamates (subject to hydrolysis) is 1. The Morgan fingerprint density at radius 1 is 0.821 bits per heavy atom. The number of esters is 1. The summed E-state index contributed by atoms with van der Waals surface area (Å²) in [6.07, 6.45) is 22.8. The molecule has 9 atom stereocenters. The maximum atomic E-state index is 14.3. The zero-order chi connectivity index (χ0) is 56.0. The van der Waals surface area contributed by atoms with Crippen molar-refractivity contribution < 1.29 is 52.8 Å². The lowest BCUT2D eigenvalue weighted by molar-refractivity contribution is -0.167. The van der Waals surface area contributed by atoms with E-state index in [1.807, 2.05) is 58.1 Å². The first-order valence-corrected chi connectivity index (χ1v) is 29.5. The molecule has 0 spiro atoms. The summed E-state index contributed by atoms with van der Waals surface area (Å²) in [5, 5.41) is 14.1. The van der Waals surface area contributed by atoms with E-state index in [0.29, 0.717) is 63.2 Å². The van der Waals surface area contributed by atoms with Gasteiger partial charge in [0, 0.05) is 96.2 Å². The summed E-state index contributed by atoms with van der Waals surface area (Å²) in [4.78, 5) is 83.9. The lowest BCUT2D eigenvalue weighted by atomic mass is 9.83. The fourth-order valence-electron chi connectivity index (χ4n) is 11.7. The van der Waals surface area contributed by atoms with Crippen molar-refractivity contribution in [2.75, 3.05) is 64.5 Å². The number of carbonyl (C=O) groups is 5. The molecule has 1 saturated carbocycles. The molecule has 3 saturated heterocycles. The summed E-state index contributed by atoms with van der Waals surface area (Å²) in [6, 6.07) is -0.882. The molecule has 2 amide bonds. The number of piperazine rings is 1. The Bertz CT molecular complexity index is 2180. The van der Waals surface area contributed by atoms with Gasteiger partial charge in [0.05, 0.1) is 24.9 Å². The summed E-state index contributed by atoms with van der Waals surface area (Å²) < 4.78 is 30.0. The molecule has 1 aromatic rings. The average Bonchev–Trinajstić information content (AvgIpc) is 3.44. The fraction of sp³-hybridized carbons (Fsp3) is 0.721. The highest BCUT2D eigenvalue weighted by Gasteiger charge is 2.41. The van der Waals surface area contributed by atoms with Crippen LogP contribution < -0.4 is 10.2 Å². The van der Waals surface area contributed by atoms with Crippen molar-refractivity contribution in [3.05, 3.63) is 65.6 Å². The van der Waals surface area contributed by atoms with Crippen LogP contribution in [0.15, 0.2) is 60.0 Å². The highest BCUT2D eigenvalue weighted by Crippen LogP contribution is 2.33. The first-order valence-electron chi connectivity index (χ1n) is 29.5. The maximum Gasteiger partial charge on any atom is 0.407 e. The minimum absolute atomic E-state index is 0.0125. The molecule has 2 N–H and O–H groups in total. The number of aliphatic hydroxyl groups excluding tert-OH is 1. The third-order valence-corrected chi connectivity index (χ3v) is 16.7. The number of hydrogen-bond acceptors (Lipinski definition) is 15. The van der Waals surface area contributed by atoms with Gasteiger partial charge in [-0.1, -0.05) is 57.2 Å². The van der Waals surface area contributed by atoms with Crippen molar-refractivity contribution in [1.29, 1.82) is 0 Å². The Kier molecular flexibility index (Phi) is 26.0. The van der Waals surface area contributed by atoms with Crippen molar-refractivity contribution >= 4 is 35.5 Å². The van der Waals surface area contributed by atoms with Crippen LogP contribution in [0.3, 0.4) is 0 Å². The van der Waals surface area contributed by atoms with Crippen molar-refractivity contribution in [1.82, 2.24) is 25.1 Å². The summed E-state index contributed by atoms with van der Waals surface area (Å²) in [5.41, 5.74) is 2.52. The molecule has 17 heteroatoms. The number of cyclic esters (lactones) is 1. The molecule has 2 bridgehead atoms. The highest BCUT2D eigenvalue weighted by molar-refractivity contribution is 6.38. The number of hydrogen-bond donors (Lipinski definition) is 2. The van der Waals surface area contributed by atoms with E-state index in [2.05, 4.69) is 45.0 Å². The Hall–Kier alpha value is -4.81. The smallest absolute Gasteiger partial charge is 0.407 e. The molecular weight excluding hydrogens is 993 g/mol. The van der Waals surface area contributed by atoms with E-state index < -0.39 is 48.1 Å². The third-order valence-electron chi connectivity index (χ3n) is 16.7. The van der Waals surface area contributed by atoms with Gasteiger partial charge in [-0.2, -0.15) is 0 Å². The van der Waals surface area contributed by atoms with Gasteiger partial charge in [-0.05, 0) is 146 Å². The second-order valence-corrected chi connectivity index (χ2v) is 22.9. The van der Waals surface area contributed by atoms with Gasteiger partial charge in [-0.25, -0.2) is 19.6 Å². The number of fused-ring (bicyclic) bond motifs is 3. The Balaban J connectivity index is 1.06. The number of carbonyl (C=O) groups excluding carboxylic acids is 5. The number of aromatic nitrogens is 2. The van der Waals surface area contributed by atoms with Crippen molar-refractivity contribution in [2.45, 2.75) is 200 Å². The molecular formula is C61H94N6O11. The first-order chi connectivity index (χ1) is 37.6. The minimum Gasteiger partial charge on any atom is -0.461 e. The molecule has 17 nitrogen and oxygen atoms in total. The summed E-state index contributed by atoms with van der Waals surface area (Å²) in [6.45, 7) is 18.4. The van der Waals surface area contributed by atoms with Gasteiger partial charge in [-0.15, -0.1) is 0 Å². The largest absolute Gasteiger partial charge is 0.461 e. The number of anilines is 1. The summed E-state index contributed by atoms with van der Waals surface area (Å²) >= 11 is 0. The van der Waals surface area contributed by atoms with Gasteiger partial charge in [0.2, 0.25) is 11.7 Å². The van der Waals surface area contributed by atoms with E-state index in [0.717, 1.165) is 114 Å². The fourth-order valence-corrected chi connectivity index (χ4v) is 11.7. The molecule has 78 heavy (non-hydrogen) atoms. The summed E-state index contributed by atoms with van der Waals surface area (Å²) in [5.74, 6) is -0.818. The Morgan fingerprint density at radius 3 is 2.31 bits per heavy atom. The van der Waals surface area contributed by atoms with Crippen LogP contribution >= 0.6 is 0 Å². The number of nitrogens with one attached hydrogen (secondary N) is 1. The van der Waals surface area contributed by atoms with Gasteiger partial charge < -0.3 is 43.9 Å². The van der Waals surface area contributed by atoms with Crippen LogP contribution in [0.2, 0.25) is 0 Å². The molecule has 4 aliphatic heterocycles. The van der Waals surface area contributed by atoms with E-state index >= 15 is 0 Å². The van der Waals surface area contributed by atoms with Crippen molar-refractivity contribution in [3.63, 3.8) is 0 Å². The van der Waals surface area contributed by atoms with Gasteiger partial charge in [0.1, 0.15) is 30.1 Å². The van der Waals surface area contributed by atoms with Gasteiger partial charge in [-0.3, -0.25) is 19.3 Å². The molecule has 5 heterocycles. The number of methoxy groups -OCH3 is 1. The monoisotopic (exact) mass is 1090 g/mol. The highest BCUT2D eigenvalue weighted by atomic mass is 16.6. The van der Waals surface area contributed by atoms with Gasteiger partial charge >= 0.3 is 12.1 Å². The quantitative estimate of drug-likeness (QED) is 0.0870. The maximum absolute atomic E-state index is 14.3. The van der Waals surface area contributed by atoms with Crippen molar-refractivity contribution in [2.24, 2.45) is 23.7 Å². The predicted molar refractivity (Wildman–Crippen MR) is 300 cm³/mol. The zero-order valence-corrected chi connectivity index (χ0v) is 48.1. The Morgan fingerprint density at radius 2 is 1.58 bits per heavy atom. The first kappa shape index (κ1) is 62.4. The molecule has 1 aliphatic carbocycles. The van der Waals surface area contributed by atoms with Crippen LogP contribution in [0.4, 0.5) is 10.7 Å². The molecule has 1 aromatic heterocycles. The van der Waals surface area contributed by atoms with E-state index in [1.165, 1.54) is 4.90 Å². The normalized spacial score (nSPS) is 32.6. The standard InChI is InChI=1S/C61H94N6O11/c1-8-75-34-33-65-29-31-66(32-30-65)60-62-39-48(40-63-60)41-64-61(73)78-50-26-22-47(23-27-50)21-25-49-24-20-43(3)36-46(6)54(69)38-53(68)45(5)35-42(2)15-10-9-11-16-44(4)56(74-7)37-51-17-14-19-55(76-51)57(70)58(71)67-28-13-12-18-52(67)59(72)77-49/h9-11,15-16,36,39-40,42-43,45,47,49-52,54-56,69H,8,12-14,17-35,37-38,41H2,1-7H3,(H,64,73)/b11-9+,15-10+,44-16+,46-36+/t42-,43+,45-,47-,49+,50-,51?,52+,54+,55?,56+/m1/s1. The SMILES string of the molecule is CCOCCN1CCN(c2ncc(CNC(=O)O[C@H]3CC[C@H](CC[C@@H]4CC[C@H](C)/C=C(\C)[C@@H](O)CC(=O)[C@H](C)C[C@H](C)/C=C/C=C/C=C(\C)[C@@H](OC)CC5CCCC(O5)C(=O)C(=O)N5CCCC[C@H]5C(=O)O4)CC3)cn2)CC1. The van der Waals surface area contributed by atoms with E-state index in [9.17, 15) is 29.1 Å². The van der Waals surface area contributed by atoms with Crippen LogP contribution in [0.5, 0.6) is 0 Å². The number of Topliss-reactive ketones (excluding diaryl/α,β-unsaturated/α-hetero) is 2. The van der Waals surface area contributed by atoms with Crippen LogP contribution in [0.1, 0.15) is 156 Å². The molecule has 0 radical (unpaired) electrons. The van der Waals surface area contributed by atoms with Crippen LogP contribution in [0, 0.1) is 23.7 Å². The molecule has 2 unspecified atom stereocenters. The number of allylic oxidation sites excluding steroid dienone is 6. The van der Waals surface area contributed by atoms with Crippen LogP contribution in [0.25, 0.3) is 0 Å². The minimum atomic E-state index is -0.903. The van der Waals surface area contributed by atoms with Gasteiger partial charge in [0.15, 0.2) is 0 Å². The number of rotatable bonds is 12. The van der Waals surface area contributed by atoms with Crippen molar-refractivity contribution in [3.8, 4) is 0 Å². The molecule has 5 aliphatic rings. The summed E-state index contributed by atoms with van der Waals surface area (Å²) in [7, 11) is 1.66. The predicted octanol–water partition coefficient (Wildman–Crippen LogP) is 8.82. The second-order valence-electron chi connectivity index (χ2n) is 22.9. The van der Waals surface area contributed by atoms with E-state index in [4.69, 9.17) is 23.7 Å². The van der Waals surface area contributed by atoms with E-state index in [1.54, 1.807) is 19.5 Å². The number of ketones is 2. The molecule has 434 valence electrons.